The molecular formula is C13H12O4. The van der Waals surface area contributed by atoms with Gasteiger partial charge in [-0.15, -0.1) is 0 Å². The van der Waals surface area contributed by atoms with Gasteiger partial charge in [0.25, 0.3) is 5.95 Å². The lowest BCUT2D eigenvalue weighted by atomic mass is 10.2. The highest BCUT2D eigenvalue weighted by Crippen LogP contribution is 2.27. The number of hydrogen-bond donors (Lipinski definition) is 0. The third kappa shape index (κ3) is 2.66. The maximum Gasteiger partial charge on any atom is 0.310 e. The minimum atomic E-state index is -0.402. The normalized spacial score (nSPS) is 10.0. The van der Waals surface area contributed by atoms with Crippen molar-refractivity contribution >= 4 is 5.97 Å². The van der Waals surface area contributed by atoms with Crippen LogP contribution in [0.15, 0.2) is 40.8 Å². The molecule has 0 aliphatic rings. The summed E-state index contributed by atoms with van der Waals surface area (Å²) in [7, 11) is 1.61. The van der Waals surface area contributed by atoms with Gasteiger partial charge in [0.2, 0.25) is 0 Å². The molecule has 0 saturated heterocycles. The van der Waals surface area contributed by atoms with E-state index in [0.717, 1.165) is 11.3 Å². The molecule has 0 atom stereocenters. The Bertz CT molecular complexity index is 510. The van der Waals surface area contributed by atoms with Crippen LogP contribution >= 0.6 is 0 Å². The topological polar surface area (TPSA) is 48.7 Å². The van der Waals surface area contributed by atoms with E-state index in [1.165, 1.54) is 6.92 Å². The van der Waals surface area contributed by atoms with Gasteiger partial charge in [0.15, 0.2) is 0 Å². The van der Waals surface area contributed by atoms with Crippen LogP contribution in [0, 0.1) is 0 Å². The van der Waals surface area contributed by atoms with Crippen LogP contribution in [0.4, 0.5) is 0 Å². The zero-order valence-corrected chi connectivity index (χ0v) is 9.60. The summed E-state index contributed by atoms with van der Waals surface area (Å²) >= 11 is 0. The van der Waals surface area contributed by atoms with Crippen LogP contribution < -0.4 is 9.47 Å². The summed E-state index contributed by atoms with van der Waals surface area (Å²) in [5, 5.41) is 0. The Hall–Kier alpha value is -2.23. The summed E-state index contributed by atoms with van der Waals surface area (Å²) in [6.45, 7) is 1.33. The van der Waals surface area contributed by atoms with Gasteiger partial charge in [-0.3, -0.25) is 4.79 Å². The van der Waals surface area contributed by atoms with Crippen LogP contribution in [0.25, 0.3) is 11.3 Å². The largest absolute Gasteiger partial charge is 0.497 e. The highest BCUT2D eigenvalue weighted by atomic mass is 16.6. The molecule has 1 aromatic carbocycles. The molecule has 0 unspecified atom stereocenters. The SMILES string of the molecule is COc1ccc(-c2ccc(OC(C)=O)o2)cc1. The number of esters is 1. The van der Waals surface area contributed by atoms with E-state index < -0.39 is 5.97 Å². The van der Waals surface area contributed by atoms with E-state index in [-0.39, 0.29) is 5.95 Å². The molecule has 0 N–H and O–H groups in total. The Morgan fingerprint density at radius 1 is 1.12 bits per heavy atom. The average molecular weight is 232 g/mol. The summed E-state index contributed by atoms with van der Waals surface area (Å²) in [5.41, 5.74) is 0.893. The molecule has 0 saturated carbocycles. The van der Waals surface area contributed by atoms with Crippen LogP contribution in [-0.4, -0.2) is 13.1 Å². The summed E-state index contributed by atoms with van der Waals surface area (Å²) < 4.78 is 15.3. The Kier molecular flexibility index (Phi) is 3.14. The Balaban J connectivity index is 2.21. The first kappa shape index (κ1) is 11.3. The van der Waals surface area contributed by atoms with Crippen molar-refractivity contribution in [3.05, 3.63) is 36.4 Å². The lowest BCUT2D eigenvalue weighted by molar-refractivity contribution is -0.133. The van der Waals surface area contributed by atoms with Gasteiger partial charge in [-0.25, -0.2) is 0 Å². The van der Waals surface area contributed by atoms with Gasteiger partial charge in [-0.05, 0) is 30.3 Å². The molecule has 0 fully saturated rings. The van der Waals surface area contributed by atoms with Crippen molar-refractivity contribution < 1.29 is 18.7 Å². The number of hydrogen-bond acceptors (Lipinski definition) is 4. The van der Waals surface area contributed by atoms with E-state index in [1.54, 1.807) is 19.2 Å². The van der Waals surface area contributed by atoms with Gasteiger partial charge in [0.05, 0.1) is 7.11 Å². The Labute approximate surface area is 98.8 Å². The standard InChI is InChI=1S/C13H12O4/c1-9(14)16-13-8-7-12(17-13)10-3-5-11(15-2)6-4-10/h3-8H,1-2H3. The van der Waals surface area contributed by atoms with E-state index in [0.29, 0.717) is 5.76 Å². The van der Waals surface area contributed by atoms with Gasteiger partial charge >= 0.3 is 5.97 Å². The van der Waals surface area contributed by atoms with Crippen LogP contribution in [-0.2, 0) is 4.79 Å². The van der Waals surface area contributed by atoms with Crippen molar-refractivity contribution in [2.45, 2.75) is 6.92 Å². The number of ether oxygens (including phenoxy) is 2. The highest BCUT2D eigenvalue weighted by molar-refractivity contribution is 5.69. The zero-order chi connectivity index (χ0) is 12.3. The van der Waals surface area contributed by atoms with Crippen LogP contribution in [0.2, 0.25) is 0 Å². The minimum absolute atomic E-state index is 0.198. The molecule has 0 aliphatic carbocycles. The molecule has 88 valence electrons. The maximum absolute atomic E-state index is 10.7. The lowest BCUT2D eigenvalue weighted by Gasteiger charge is -2.00. The summed E-state index contributed by atoms with van der Waals surface area (Å²) in [5.74, 6) is 1.22. The molecule has 1 heterocycles. The van der Waals surface area contributed by atoms with Gasteiger partial charge in [0.1, 0.15) is 11.5 Å². The van der Waals surface area contributed by atoms with Crippen molar-refractivity contribution in [1.82, 2.24) is 0 Å². The Morgan fingerprint density at radius 2 is 1.82 bits per heavy atom. The van der Waals surface area contributed by atoms with Crippen LogP contribution in [0.1, 0.15) is 6.92 Å². The third-order valence-corrected chi connectivity index (χ3v) is 2.20. The second-order valence-electron chi connectivity index (χ2n) is 3.44. The molecule has 2 aromatic rings. The molecule has 0 radical (unpaired) electrons. The molecule has 2 rings (SSSR count). The Morgan fingerprint density at radius 3 is 2.41 bits per heavy atom. The fourth-order valence-corrected chi connectivity index (χ4v) is 1.43. The average Bonchev–Trinajstić information content (AvgIpc) is 2.77. The smallest absolute Gasteiger partial charge is 0.310 e. The van der Waals surface area contributed by atoms with Crippen molar-refractivity contribution in [3.63, 3.8) is 0 Å². The maximum atomic E-state index is 10.7. The lowest BCUT2D eigenvalue weighted by Crippen LogP contribution is -1.99. The number of furan rings is 1. The monoisotopic (exact) mass is 232 g/mol. The zero-order valence-electron chi connectivity index (χ0n) is 9.60. The van der Waals surface area contributed by atoms with Crippen molar-refractivity contribution in [2.75, 3.05) is 7.11 Å². The number of methoxy groups -OCH3 is 1. The van der Waals surface area contributed by atoms with Crippen molar-refractivity contribution in [2.24, 2.45) is 0 Å². The van der Waals surface area contributed by atoms with Crippen LogP contribution in [0.5, 0.6) is 11.7 Å². The number of rotatable bonds is 3. The molecule has 0 bridgehead atoms. The molecule has 0 spiro atoms. The quantitative estimate of drug-likeness (QED) is 0.763. The van der Waals surface area contributed by atoms with Gasteiger partial charge < -0.3 is 13.9 Å². The molecule has 4 nitrogen and oxygen atoms in total. The summed E-state index contributed by atoms with van der Waals surface area (Å²) in [6.07, 6.45) is 0. The van der Waals surface area contributed by atoms with E-state index in [9.17, 15) is 4.79 Å². The van der Waals surface area contributed by atoms with E-state index in [4.69, 9.17) is 13.9 Å². The number of benzene rings is 1. The fourth-order valence-electron chi connectivity index (χ4n) is 1.43. The molecule has 4 heteroatoms. The molecule has 1 aromatic heterocycles. The molecule has 17 heavy (non-hydrogen) atoms. The van der Waals surface area contributed by atoms with E-state index in [2.05, 4.69) is 0 Å². The number of carbonyl (C=O) groups excluding carboxylic acids is 1. The van der Waals surface area contributed by atoms with E-state index in [1.807, 2.05) is 24.3 Å². The first-order chi connectivity index (χ1) is 8.19. The van der Waals surface area contributed by atoms with Crippen LogP contribution in [0.3, 0.4) is 0 Å². The highest BCUT2D eigenvalue weighted by Gasteiger charge is 2.07. The predicted octanol–water partition coefficient (Wildman–Crippen LogP) is 2.88. The fraction of sp³-hybridized carbons (Fsp3) is 0.154. The first-order valence-electron chi connectivity index (χ1n) is 5.12. The number of carbonyl (C=O) groups is 1. The minimum Gasteiger partial charge on any atom is -0.497 e. The van der Waals surface area contributed by atoms with Gasteiger partial charge in [0, 0.05) is 18.6 Å². The molecular weight excluding hydrogens is 220 g/mol. The van der Waals surface area contributed by atoms with E-state index >= 15 is 0 Å². The van der Waals surface area contributed by atoms with Crippen molar-refractivity contribution in [1.29, 1.82) is 0 Å². The van der Waals surface area contributed by atoms with Gasteiger partial charge in [-0.2, -0.15) is 0 Å². The molecule has 0 amide bonds. The van der Waals surface area contributed by atoms with Crippen molar-refractivity contribution in [3.8, 4) is 23.0 Å². The summed E-state index contributed by atoms with van der Waals surface area (Å²) in [4.78, 5) is 10.7. The predicted molar refractivity (Wildman–Crippen MR) is 62.0 cm³/mol. The second kappa shape index (κ2) is 4.74. The molecule has 0 aliphatic heterocycles. The third-order valence-electron chi connectivity index (χ3n) is 2.20. The second-order valence-corrected chi connectivity index (χ2v) is 3.44. The van der Waals surface area contributed by atoms with Gasteiger partial charge in [-0.1, -0.05) is 0 Å². The summed E-state index contributed by atoms with van der Waals surface area (Å²) in [6, 6.07) is 10.8. The first-order valence-corrected chi connectivity index (χ1v) is 5.12.